The van der Waals surface area contributed by atoms with E-state index in [1.807, 2.05) is 15.8 Å². The first-order chi connectivity index (χ1) is 13.0. The van der Waals surface area contributed by atoms with E-state index in [9.17, 15) is 9.18 Å². The van der Waals surface area contributed by atoms with Gasteiger partial charge >= 0.3 is 0 Å². The van der Waals surface area contributed by atoms with Crippen molar-refractivity contribution < 1.29 is 9.18 Å². The summed E-state index contributed by atoms with van der Waals surface area (Å²) in [5, 5.41) is 4.35. The summed E-state index contributed by atoms with van der Waals surface area (Å²) in [6, 6.07) is 6.58. The second-order valence-corrected chi connectivity index (χ2v) is 7.65. The highest BCUT2D eigenvalue weighted by Gasteiger charge is 2.31. The molecule has 2 heterocycles. The van der Waals surface area contributed by atoms with Gasteiger partial charge in [-0.1, -0.05) is 26.0 Å². The zero-order chi connectivity index (χ0) is 19.4. The molecule has 1 saturated heterocycles. The molecule has 0 aliphatic carbocycles. The van der Waals surface area contributed by atoms with Crippen LogP contribution in [0.1, 0.15) is 38.3 Å². The average molecular weight is 372 g/mol. The van der Waals surface area contributed by atoms with Crippen molar-refractivity contribution in [3.8, 4) is 0 Å². The predicted molar refractivity (Wildman–Crippen MR) is 103 cm³/mol. The lowest BCUT2D eigenvalue weighted by molar-refractivity contribution is -0.134. The predicted octanol–water partition coefficient (Wildman–Crippen LogP) is 3.30. The number of rotatable bonds is 6. The van der Waals surface area contributed by atoms with Crippen molar-refractivity contribution in [1.82, 2.24) is 19.6 Å². The van der Waals surface area contributed by atoms with E-state index >= 15 is 0 Å². The Hall–Kier alpha value is -2.21. The number of hydrogen-bond acceptors (Lipinski definition) is 3. The Morgan fingerprint density at radius 2 is 1.93 bits per heavy atom. The van der Waals surface area contributed by atoms with Crippen LogP contribution < -0.4 is 0 Å². The number of hydrogen-bond donors (Lipinski definition) is 0. The van der Waals surface area contributed by atoms with Gasteiger partial charge in [-0.05, 0) is 30.5 Å². The van der Waals surface area contributed by atoms with Gasteiger partial charge in [0.05, 0.1) is 6.20 Å². The molecular formula is C21H29FN4O. The van der Waals surface area contributed by atoms with Crippen LogP contribution in [0.25, 0.3) is 0 Å². The molecule has 1 atom stereocenters. The zero-order valence-corrected chi connectivity index (χ0v) is 16.4. The lowest BCUT2D eigenvalue weighted by Crippen LogP contribution is -2.45. The topological polar surface area (TPSA) is 41.4 Å². The van der Waals surface area contributed by atoms with Gasteiger partial charge in [-0.15, -0.1) is 0 Å². The van der Waals surface area contributed by atoms with E-state index in [1.165, 1.54) is 17.7 Å². The van der Waals surface area contributed by atoms with E-state index in [-0.39, 0.29) is 17.8 Å². The lowest BCUT2D eigenvalue weighted by atomic mass is 10.0. The van der Waals surface area contributed by atoms with Gasteiger partial charge in [-0.3, -0.25) is 14.4 Å². The van der Waals surface area contributed by atoms with Crippen molar-refractivity contribution in [3.05, 3.63) is 53.6 Å². The van der Waals surface area contributed by atoms with Crippen molar-refractivity contribution in [1.29, 1.82) is 0 Å². The Kier molecular flexibility index (Phi) is 6.26. The summed E-state index contributed by atoms with van der Waals surface area (Å²) >= 11 is 0. The highest BCUT2D eigenvalue weighted by molar-refractivity contribution is 5.77. The second kappa shape index (κ2) is 8.65. The number of amides is 1. The van der Waals surface area contributed by atoms with Gasteiger partial charge in [0.2, 0.25) is 5.91 Å². The third kappa shape index (κ3) is 4.95. The Balaban J connectivity index is 1.74. The zero-order valence-electron chi connectivity index (χ0n) is 16.4. The Labute approximate surface area is 160 Å². The molecule has 0 spiro atoms. The van der Waals surface area contributed by atoms with Crippen LogP contribution in [0, 0.1) is 11.7 Å². The molecule has 0 radical (unpaired) electrons. The summed E-state index contributed by atoms with van der Waals surface area (Å²) in [5.41, 5.74) is 2.15. The van der Waals surface area contributed by atoms with Crippen LogP contribution >= 0.6 is 0 Å². The standard InChI is InChI=1S/C21H29FN4O/c1-4-25-13-18(11-23-25)12-24-10-9-21(27)26(20(15-24)16(2)3)14-17-5-7-19(22)8-6-17/h5-8,11,13,16,20H,4,9-10,12,14-15H2,1-3H3/t20-/m1/s1. The molecule has 1 aromatic heterocycles. The summed E-state index contributed by atoms with van der Waals surface area (Å²) in [7, 11) is 0. The number of halogens is 1. The SMILES string of the molecule is CCn1cc(CN2CCC(=O)N(Cc3ccc(F)cc3)[C@@H](C(C)C)C2)cn1. The van der Waals surface area contributed by atoms with Crippen molar-refractivity contribution in [2.45, 2.75) is 52.9 Å². The fourth-order valence-electron chi connectivity index (χ4n) is 3.66. The number of carbonyl (C=O) groups excluding carboxylic acids is 1. The molecular weight excluding hydrogens is 343 g/mol. The van der Waals surface area contributed by atoms with Gasteiger partial charge in [0.15, 0.2) is 0 Å². The van der Waals surface area contributed by atoms with Gasteiger partial charge in [-0.2, -0.15) is 5.10 Å². The smallest absolute Gasteiger partial charge is 0.224 e. The normalized spacial score (nSPS) is 18.9. The first kappa shape index (κ1) is 19.5. The molecule has 1 aromatic carbocycles. The van der Waals surface area contributed by atoms with E-state index in [0.29, 0.717) is 18.9 Å². The minimum absolute atomic E-state index is 0.131. The number of nitrogens with zero attached hydrogens (tertiary/aromatic N) is 4. The first-order valence-corrected chi connectivity index (χ1v) is 9.74. The van der Waals surface area contributed by atoms with Crippen LogP contribution in [0.3, 0.4) is 0 Å². The molecule has 5 nitrogen and oxygen atoms in total. The molecule has 0 bridgehead atoms. The molecule has 27 heavy (non-hydrogen) atoms. The van der Waals surface area contributed by atoms with E-state index in [4.69, 9.17) is 0 Å². The molecule has 1 fully saturated rings. The monoisotopic (exact) mass is 372 g/mol. The fraction of sp³-hybridized carbons (Fsp3) is 0.524. The van der Waals surface area contributed by atoms with E-state index in [2.05, 4.69) is 37.0 Å². The minimum atomic E-state index is -0.250. The minimum Gasteiger partial charge on any atom is -0.334 e. The maximum atomic E-state index is 13.2. The van der Waals surface area contributed by atoms with Crippen LogP contribution in [0.2, 0.25) is 0 Å². The summed E-state index contributed by atoms with van der Waals surface area (Å²) in [5.74, 6) is 0.262. The Morgan fingerprint density at radius 3 is 2.56 bits per heavy atom. The van der Waals surface area contributed by atoms with Crippen molar-refractivity contribution in [3.63, 3.8) is 0 Å². The van der Waals surface area contributed by atoms with Crippen LogP contribution in [0.15, 0.2) is 36.7 Å². The largest absolute Gasteiger partial charge is 0.334 e. The molecule has 1 amide bonds. The summed E-state index contributed by atoms with van der Waals surface area (Å²) in [6.45, 7) is 10.2. The summed E-state index contributed by atoms with van der Waals surface area (Å²) in [4.78, 5) is 17.2. The third-order valence-corrected chi connectivity index (χ3v) is 5.26. The maximum Gasteiger partial charge on any atom is 0.224 e. The molecule has 0 N–H and O–H groups in total. The van der Waals surface area contributed by atoms with Gasteiger partial charge in [0.25, 0.3) is 0 Å². The lowest BCUT2D eigenvalue weighted by Gasteiger charge is -2.34. The van der Waals surface area contributed by atoms with Crippen molar-refractivity contribution in [2.24, 2.45) is 5.92 Å². The quantitative estimate of drug-likeness (QED) is 0.781. The summed E-state index contributed by atoms with van der Waals surface area (Å²) in [6.07, 6.45) is 4.50. The van der Waals surface area contributed by atoms with Crippen molar-refractivity contribution >= 4 is 5.91 Å². The molecule has 3 rings (SSSR count). The number of aryl methyl sites for hydroxylation is 1. The van der Waals surface area contributed by atoms with Crippen LogP contribution in [0.5, 0.6) is 0 Å². The van der Waals surface area contributed by atoms with E-state index < -0.39 is 0 Å². The number of carbonyl (C=O) groups is 1. The van der Waals surface area contributed by atoms with Gasteiger partial charge in [0, 0.05) is 56.9 Å². The Morgan fingerprint density at radius 1 is 1.19 bits per heavy atom. The van der Waals surface area contributed by atoms with Gasteiger partial charge in [0.1, 0.15) is 5.82 Å². The first-order valence-electron chi connectivity index (χ1n) is 9.74. The molecule has 146 valence electrons. The second-order valence-electron chi connectivity index (χ2n) is 7.65. The van der Waals surface area contributed by atoms with Crippen LogP contribution in [0.4, 0.5) is 4.39 Å². The van der Waals surface area contributed by atoms with Gasteiger partial charge in [-0.25, -0.2) is 4.39 Å². The molecule has 1 aliphatic rings. The van der Waals surface area contributed by atoms with Crippen molar-refractivity contribution in [2.75, 3.05) is 13.1 Å². The average Bonchev–Trinajstić information content (AvgIpc) is 3.04. The molecule has 0 unspecified atom stereocenters. The number of benzene rings is 1. The maximum absolute atomic E-state index is 13.2. The van der Waals surface area contributed by atoms with Gasteiger partial charge < -0.3 is 4.90 Å². The highest BCUT2D eigenvalue weighted by Crippen LogP contribution is 2.22. The third-order valence-electron chi connectivity index (χ3n) is 5.26. The van der Waals surface area contributed by atoms with Crippen LogP contribution in [-0.4, -0.2) is 44.6 Å². The summed E-state index contributed by atoms with van der Waals surface area (Å²) < 4.78 is 15.1. The number of aromatic nitrogens is 2. The molecule has 6 heteroatoms. The molecule has 0 saturated carbocycles. The molecule has 2 aromatic rings. The fourth-order valence-corrected chi connectivity index (χ4v) is 3.66. The van der Waals surface area contributed by atoms with Crippen LogP contribution in [-0.2, 0) is 24.4 Å². The van der Waals surface area contributed by atoms with E-state index in [0.717, 1.165) is 31.7 Å². The highest BCUT2D eigenvalue weighted by atomic mass is 19.1. The van der Waals surface area contributed by atoms with E-state index in [1.54, 1.807) is 12.1 Å². The Bertz CT molecular complexity index is 756. The molecule has 1 aliphatic heterocycles.